The van der Waals surface area contributed by atoms with E-state index in [0.717, 1.165) is 25.2 Å². The fourth-order valence-corrected chi connectivity index (χ4v) is 6.64. The molecule has 170 valence electrons. The summed E-state index contributed by atoms with van der Waals surface area (Å²) < 4.78 is 26.9. The van der Waals surface area contributed by atoms with Crippen LogP contribution in [0.2, 0.25) is 0 Å². The van der Waals surface area contributed by atoms with Gasteiger partial charge in [-0.25, -0.2) is 12.7 Å². The Morgan fingerprint density at radius 1 is 1.06 bits per heavy atom. The van der Waals surface area contributed by atoms with E-state index >= 15 is 0 Å². The monoisotopic (exact) mass is 450 g/mol. The third-order valence-electron chi connectivity index (χ3n) is 7.52. The van der Waals surface area contributed by atoms with Crippen LogP contribution >= 0.6 is 0 Å². The van der Waals surface area contributed by atoms with Gasteiger partial charge in [-0.1, -0.05) is 60.7 Å². The Hall–Kier alpha value is -1.95. The van der Waals surface area contributed by atoms with E-state index in [1.54, 1.807) is 4.31 Å². The SMILES string of the molecule is CNC1Cc2ccc(C3CN(S(=O)(=O)CC=CCC4CC4)C3)cc2C1Cc1ccccc1. The standard InChI is InChI=1S/C27H34N2O2S/c1-28-27-17-23-13-12-22(16-25(23)26(27)15-21-8-3-2-4-9-21)24-18-29(19-24)32(30,31)14-6-5-7-20-10-11-20/h2-6,8-9,12-13,16,20,24,26-28H,7,10-11,14-15,17-19H2,1H3. The highest BCUT2D eigenvalue weighted by Crippen LogP contribution is 2.39. The fourth-order valence-electron chi connectivity index (χ4n) is 5.23. The van der Waals surface area contributed by atoms with Gasteiger partial charge < -0.3 is 5.32 Å². The van der Waals surface area contributed by atoms with Gasteiger partial charge in [0.1, 0.15) is 0 Å². The number of nitrogens with zero attached hydrogens (tertiary/aromatic N) is 1. The third-order valence-corrected chi connectivity index (χ3v) is 9.22. The molecule has 2 aliphatic carbocycles. The van der Waals surface area contributed by atoms with Gasteiger partial charge >= 0.3 is 0 Å². The normalized spacial score (nSPS) is 24.0. The molecule has 1 saturated heterocycles. The van der Waals surface area contributed by atoms with Crippen LogP contribution in [0.3, 0.4) is 0 Å². The number of allylic oxidation sites excluding steroid dienone is 1. The average Bonchev–Trinajstić information content (AvgIpc) is 3.52. The van der Waals surface area contributed by atoms with E-state index in [1.165, 1.54) is 35.1 Å². The largest absolute Gasteiger partial charge is 0.316 e. The molecule has 32 heavy (non-hydrogen) atoms. The summed E-state index contributed by atoms with van der Waals surface area (Å²) >= 11 is 0. The molecule has 0 bridgehead atoms. The predicted octanol–water partition coefficient (Wildman–Crippen LogP) is 4.24. The van der Waals surface area contributed by atoms with Crippen molar-refractivity contribution in [3.8, 4) is 0 Å². The first kappa shape index (κ1) is 21.9. The topological polar surface area (TPSA) is 49.4 Å². The van der Waals surface area contributed by atoms with E-state index in [2.05, 4.69) is 67.0 Å². The van der Waals surface area contributed by atoms with Crippen molar-refractivity contribution in [1.29, 1.82) is 0 Å². The lowest BCUT2D eigenvalue weighted by molar-refractivity contribution is 0.265. The summed E-state index contributed by atoms with van der Waals surface area (Å²) in [6.45, 7) is 1.22. The number of nitrogens with one attached hydrogen (secondary N) is 1. The molecule has 5 heteroatoms. The summed E-state index contributed by atoms with van der Waals surface area (Å²) in [7, 11) is -1.12. The van der Waals surface area contributed by atoms with Gasteiger partial charge in [0.15, 0.2) is 0 Å². The van der Waals surface area contributed by atoms with Crippen LogP contribution in [0.25, 0.3) is 0 Å². The molecule has 0 spiro atoms. The van der Waals surface area contributed by atoms with Crippen LogP contribution in [0.4, 0.5) is 0 Å². The molecule has 1 aliphatic heterocycles. The number of sulfonamides is 1. The summed E-state index contributed by atoms with van der Waals surface area (Å²) in [5.74, 6) is 1.69. The molecule has 2 fully saturated rings. The second kappa shape index (κ2) is 9.12. The summed E-state index contributed by atoms with van der Waals surface area (Å²) in [6, 6.07) is 18.0. The lowest BCUT2D eigenvalue weighted by Crippen LogP contribution is -2.49. The molecule has 0 radical (unpaired) electrons. The Morgan fingerprint density at radius 3 is 2.56 bits per heavy atom. The zero-order valence-electron chi connectivity index (χ0n) is 18.9. The second-order valence-electron chi connectivity index (χ2n) is 9.80. The number of hydrogen-bond donors (Lipinski definition) is 1. The van der Waals surface area contributed by atoms with Crippen molar-refractivity contribution >= 4 is 10.0 Å². The van der Waals surface area contributed by atoms with E-state index in [-0.39, 0.29) is 5.75 Å². The van der Waals surface area contributed by atoms with Gasteiger partial charge in [-0.05, 0) is 67.3 Å². The third kappa shape index (κ3) is 4.70. The highest BCUT2D eigenvalue weighted by molar-refractivity contribution is 7.89. The van der Waals surface area contributed by atoms with Crippen LogP contribution in [-0.2, 0) is 22.9 Å². The van der Waals surface area contributed by atoms with Crippen molar-refractivity contribution in [3.05, 3.63) is 82.9 Å². The van der Waals surface area contributed by atoms with Crippen LogP contribution in [-0.4, -0.2) is 44.7 Å². The number of fused-ring (bicyclic) bond motifs is 1. The Bertz CT molecular complexity index is 1070. The Morgan fingerprint density at radius 2 is 1.84 bits per heavy atom. The zero-order chi connectivity index (χ0) is 22.1. The van der Waals surface area contributed by atoms with Crippen LogP contribution in [0, 0.1) is 5.92 Å². The molecule has 1 saturated carbocycles. The fraction of sp³-hybridized carbons (Fsp3) is 0.481. The lowest BCUT2D eigenvalue weighted by Gasteiger charge is -2.38. The summed E-state index contributed by atoms with van der Waals surface area (Å²) in [5, 5.41) is 3.53. The minimum atomic E-state index is -3.18. The van der Waals surface area contributed by atoms with Crippen molar-refractivity contribution in [1.82, 2.24) is 9.62 Å². The highest BCUT2D eigenvalue weighted by atomic mass is 32.2. The van der Waals surface area contributed by atoms with Crippen LogP contribution in [0.1, 0.15) is 53.4 Å². The Labute approximate surface area is 192 Å². The molecule has 0 aromatic heterocycles. The minimum Gasteiger partial charge on any atom is -0.316 e. The van der Waals surface area contributed by atoms with Gasteiger partial charge in [-0.3, -0.25) is 0 Å². The Kier molecular flexibility index (Phi) is 6.24. The van der Waals surface area contributed by atoms with Crippen molar-refractivity contribution < 1.29 is 8.42 Å². The van der Waals surface area contributed by atoms with Crippen molar-refractivity contribution in [2.75, 3.05) is 25.9 Å². The molecule has 1 heterocycles. The van der Waals surface area contributed by atoms with Crippen LogP contribution in [0.15, 0.2) is 60.7 Å². The zero-order valence-corrected chi connectivity index (χ0v) is 19.7. The summed E-state index contributed by atoms with van der Waals surface area (Å²) in [5.41, 5.74) is 5.52. The highest BCUT2D eigenvalue weighted by Gasteiger charge is 2.37. The number of hydrogen-bond acceptors (Lipinski definition) is 3. The molecular weight excluding hydrogens is 416 g/mol. The van der Waals surface area contributed by atoms with Crippen molar-refractivity contribution in [2.45, 2.75) is 50.0 Å². The molecule has 1 N–H and O–H groups in total. The van der Waals surface area contributed by atoms with Gasteiger partial charge in [0.25, 0.3) is 0 Å². The smallest absolute Gasteiger partial charge is 0.217 e. The first-order valence-electron chi connectivity index (χ1n) is 12.0. The van der Waals surface area contributed by atoms with Crippen molar-refractivity contribution in [3.63, 3.8) is 0 Å². The van der Waals surface area contributed by atoms with Gasteiger partial charge in [0.05, 0.1) is 5.75 Å². The van der Waals surface area contributed by atoms with Gasteiger partial charge in [-0.2, -0.15) is 0 Å². The maximum absolute atomic E-state index is 12.6. The Balaban J connectivity index is 1.24. The number of likely N-dealkylation sites (N-methyl/N-ethyl adjacent to an activating group) is 1. The maximum atomic E-state index is 12.6. The molecule has 2 unspecified atom stereocenters. The van der Waals surface area contributed by atoms with E-state index < -0.39 is 10.0 Å². The quantitative estimate of drug-likeness (QED) is 0.582. The first-order chi connectivity index (χ1) is 15.5. The molecule has 4 nitrogen and oxygen atoms in total. The predicted molar refractivity (Wildman–Crippen MR) is 130 cm³/mol. The maximum Gasteiger partial charge on any atom is 0.217 e. The van der Waals surface area contributed by atoms with E-state index in [0.29, 0.717) is 31.0 Å². The molecule has 2 atom stereocenters. The molecule has 2 aromatic carbocycles. The molecule has 5 rings (SSSR count). The van der Waals surface area contributed by atoms with Gasteiger partial charge in [0, 0.05) is 31.0 Å². The van der Waals surface area contributed by atoms with Crippen LogP contribution < -0.4 is 5.32 Å². The number of benzene rings is 2. The molecule has 2 aromatic rings. The molecule has 3 aliphatic rings. The van der Waals surface area contributed by atoms with E-state index in [4.69, 9.17) is 0 Å². The average molecular weight is 451 g/mol. The lowest BCUT2D eigenvalue weighted by atomic mass is 9.87. The first-order valence-corrected chi connectivity index (χ1v) is 13.6. The number of rotatable bonds is 9. The van der Waals surface area contributed by atoms with Crippen molar-refractivity contribution in [2.24, 2.45) is 5.92 Å². The van der Waals surface area contributed by atoms with Gasteiger partial charge in [0.2, 0.25) is 10.0 Å². The van der Waals surface area contributed by atoms with Gasteiger partial charge in [-0.15, -0.1) is 0 Å². The summed E-state index contributed by atoms with van der Waals surface area (Å²) in [4.78, 5) is 0. The summed E-state index contributed by atoms with van der Waals surface area (Å²) in [6.07, 6.45) is 9.62. The second-order valence-corrected chi connectivity index (χ2v) is 11.8. The van der Waals surface area contributed by atoms with Crippen LogP contribution in [0.5, 0.6) is 0 Å². The van der Waals surface area contributed by atoms with E-state index in [9.17, 15) is 8.42 Å². The van der Waals surface area contributed by atoms with E-state index in [1.807, 2.05) is 6.08 Å². The molecule has 0 amide bonds. The molecular formula is C27H34N2O2S. The minimum absolute atomic E-state index is 0.139.